The minimum atomic E-state index is -0.737. The Labute approximate surface area is 283 Å². The number of anilines is 2. The molecule has 3 N–H and O–H groups in total. The summed E-state index contributed by atoms with van der Waals surface area (Å²) in [6.45, 7) is 0. The zero-order valence-electron chi connectivity index (χ0n) is 24.0. The molecular weight excluding hydrogens is 689 g/mol. The predicted molar refractivity (Wildman–Crippen MR) is 186 cm³/mol. The maximum absolute atomic E-state index is 14.5. The Hall–Kier alpha value is -4.70. The summed E-state index contributed by atoms with van der Waals surface area (Å²) in [4.78, 5) is 40.7. The molecule has 10 heteroatoms. The molecule has 0 bridgehead atoms. The second-order valence-corrected chi connectivity index (χ2v) is 12.5. The third-order valence-electron chi connectivity index (χ3n) is 6.56. The highest BCUT2D eigenvalue weighted by atomic mass is 79.9. The molecule has 0 aliphatic carbocycles. The first kappa shape index (κ1) is 32.7. The topological polar surface area (TPSA) is 87.3 Å². The van der Waals surface area contributed by atoms with Gasteiger partial charge in [-0.2, -0.15) is 0 Å². The molecular formula is C36H26BrClFN3O3S. The fourth-order valence-electron chi connectivity index (χ4n) is 4.38. The van der Waals surface area contributed by atoms with Crippen molar-refractivity contribution < 1.29 is 18.8 Å². The highest BCUT2D eigenvalue weighted by Gasteiger charge is 2.24. The molecule has 0 fully saturated rings. The van der Waals surface area contributed by atoms with Crippen LogP contribution < -0.4 is 16.0 Å². The highest BCUT2D eigenvalue weighted by Crippen LogP contribution is 2.37. The van der Waals surface area contributed by atoms with E-state index in [0.717, 1.165) is 0 Å². The maximum Gasteiger partial charge on any atom is 0.272 e. The Balaban J connectivity index is 1.38. The van der Waals surface area contributed by atoms with Crippen LogP contribution in [0.4, 0.5) is 15.8 Å². The van der Waals surface area contributed by atoms with Crippen molar-refractivity contribution in [2.45, 2.75) is 10.1 Å². The number of hydrogen-bond donors (Lipinski definition) is 3. The van der Waals surface area contributed by atoms with Gasteiger partial charge in [0, 0.05) is 25.6 Å². The molecule has 6 nitrogen and oxygen atoms in total. The molecule has 46 heavy (non-hydrogen) atoms. The van der Waals surface area contributed by atoms with Crippen LogP contribution in [0.5, 0.6) is 0 Å². The third kappa shape index (κ3) is 8.94. The summed E-state index contributed by atoms with van der Waals surface area (Å²) in [5.41, 5.74) is 2.23. The van der Waals surface area contributed by atoms with E-state index in [4.69, 9.17) is 11.6 Å². The van der Waals surface area contributed by atoms with E-state index in [1.807, 2.05) is 36.4 Å². The van der Waals surface area contributed by atoms with Crippen molar-refractivity contribution >= 4 is 74.5 Å². The minimum absolute atomic E-state index is 0.00670. The van der Waals surface area contributed by atoms with Crippen molar-refractivity contribution in [3.05, 3.63) is 165 Å². The average Bonchev–Trinajstić information content (AvgIpc) is 3.05. The summed E-state index contributed by atoms with van der Waals surface area (Å²) in [5, 5.41) is 7.99. The van der Waals surface area contributed by atoms with E-state index in [1.165, 1.54) is 30.0 Å². The molecule has 230 valence electrons. The number of carbonyl (C=O) groups excluding carboxylic acids is 3. The van der Waals surface area contributed by atoms with Crippen molar-refractivity contribution in [2.24, 2.45) is 0 Å². The van der Waals surface area contributed by atoms with E-state index in [0.29, 0.717) is 36.8 Å². The van der Waals surface area contributed by atoms with E-state index >= 15 is 0 Å². The van der Waals surface area contributed by atoms with E-state index in [1.54, 1.807) is 78.9 Å². The largest absolute Gasteiger partial charge is 0.322 e. The van der Waals surface area contributed by atoms with Crippen LogP contribution in [-0.2, 0) is 9.59 Å². The second kappa shape index (κ2) is 15.5. The Bertz CT molecular complexity index is 1910. The zero-order chi connectivity index (χ0) is 32.5. The molecule has 5 aromatic carbocycles. The van der Waals surface area contributed by atoms with Crippen LogP contribution in [0.2, 0.25) is 5.02 Å². The Morgan fingerprint density at radius 3 is 2.22 bits per heavy atom. The van der Waals surface area contributed by atoms with Gasteiger partial charge in [0.2, 0.25) is 5.91 Å². The Kier molecular flexibility index (Phi) is 11.0. The van der Waals surface area contributed by atoms with Gasteiger partial charge in [-0.25, -0.2) is 4.39 Å². The summed E-state index contributed by atoms with van der Waals surface area (Å²) in [6, 6.07) is 36.0. The molecule has 0 radical (unpaired) electrons. The van der Waals surface area contributed by atoms with Crippen LogP contribution in [0.15, 0.2) is 142 Å². The zero-order valence-corrected chi connectivity index (χ0v) is 27.2. The SMILES string of the molecule is O=C(Nc1cccc(SC(C(=O)Nc2ccc(Br)cc2F)c2ccccc2)c1)/C(=C/c1cccc(Cl)c1)NC(=O)c1ccccc1. The number of carbonyl (C=O) groups is 3. The van der Waals surface area contributed by atoms with Gasteiger partial charge in [0.05, 0.1) is 5.69 Å². The summed E-state index contributed by atoms with van der Waals surface area (Å²) < 4.78 is 15.1. The van der Waals surface area contributed by atoms with Crippen LogP contribution in [0, 0.1) is 5.82 Å². The fraction of sp³-hybridized carbons (Fsp3) is 0.0278. The van der Waals surface area contributed by atoms with E-state index in [2.05, 4.69) is 31.9 Å². The highest BCUT2D eigenvalue weighted by molar-refractivity contribution is 9.10. The molecule has 5 aromatic rings. The van der Waals surface area contributed by atoms with Gasteiger partial charge in [0.25, 0.3) is 11.8 Å². The number of amides is 3. The minimum Gasteiger partial charge on any atom is -0.322 e. The van der Waals surface area contributed by atoms with Gasteiger partial charge in [-0.3, -0.25) is 14.4 Å². The van der Waals surface area contributed by atoms with Gasteiger partial charge in [-0.15, -0.1) is 11.8 Å². The first-order chi connectivity index (χ1) is 22.2. The molecule has 0 aromatic heterocycles. The van der Waals surface area contributed by atoms with Gasteiger partial charge < -0.3 is 16.0 Å². The molecule has 1 unspecified atom stereocenters. The molecule has 0 saturated carbocycles. The number of nitrogens with one attached hydrogen (secondary N) is 3. The molecule has 0 heterocycles. The monoisotopic (exact) mass is 713 g/mol. The standard InChI is InChI=1S/C36H26BrClFN3O3S/c37-26-17-18-31(30(39)21-26)41-36(45)33(24-10-3-1-4-11-24)46-29-16-8-15-28(22-29)40-35(44)32(20-23-9-7-14-27(38)19-23)42-34(43)25-12-5-2-6-13-25/h1-22,33H,(H,40,44)(H,41,45)(H,42,43)/b32-20-. The average molecular weight is 715 g/mol. The van der Waals surface area contributed by atoms with Gasteiger partial charge in [0.15, 0.2) is 0 Å². The second-order valence-electron chi connectivity index (χ2n) is 9.94. The van der Waals surface area contributed by atoms with Crippen LogP contribution >= 0.6 is 39.3 Å². The molecule has 0 aliphatic rings. The maximum atomic E-state index is 14.5. The van der Waals surface area contributed by atoms with Gasteiger partial charge in [-0.1, -0.05) is 94.3 Å². The number of hydrogen-bond acceptors (Lipinski definition) is 4. The third-order valence-corrected chi connectivity index (χ3v) is 8.54. The number of halogens is 3. The summed E-state index contributed by atoms with van der Waals surface area (Å²) in [5.74, 6) is -1.99. The smallest absolute Gasteiger partial charge is 0.272 e. The normalized spacial score (nSPS) is 11.8. The van der Waals surface area contributed by atoms with Gasteiger partial charge in [0.1, 0.15) is 16.8 Å². The molecule has 1 atom stereocenters. The molecule has 5 rings (SSSR count). The summed E-state index contributed by atoms with van der Waals surface area (Å²) in [7, 11) is 0. The molecule has 0 aliphatic heterocycles. The van der Waals surface area contributed by atoms with E-state index in [9.17, 15) is 18.8 Å². The van der Waals surface area contributed by atoms with Gasteiger partial charge >= 0.3 is 0 Å². The van der Waals surface area contributed by atoms with Crippen molar-refractivity contribution in [1.29, 1.82) is 0 Å². The van der Waals surface area contributed by atoms with Crippen molar-refractivity contribution in [1.82, 2.24) is 5.32 Å². The quantitative estimate of drug-likeness (QED) is 0.0995. The van der Waals surface area contributed by atoms with Gasteiger partial charge in [-0.05, 0) is 77.9 Å². The first-order valence-electron chi connectivity index (χ1n) is 14.0. The lowest BCUT2D eigenvalue weighted by Crippen LogP contribution is -2.30. The Morgan fingerprint density at radius 1 is 0.783 bits per heavy atom. The van der Waals surface area contributed by atoms with Crippen LogP contribution in [0.1, 0.15) is 26.7 Å². The van der Waals surface area contributed by atoms with Crippen LogP contribution in [0.25, 0.3) is 6.08 Å². The van der Waals surface area contributed by atoms with Crippen molar-refractivity contribution in [2.75, 3.05) is 10.6 Å². The van der Waals surface area contributed by atoms with Crippen molar-refractivity contribution in [3.63, 3.8) is 0 Å². The number of benzene rings is 5. The van der Waals surface area contributed by atoms with Crippen LogP contribution in [0.3, 0.4) is 0 Å². The predicted octanol–water partition coefficient (Wildman–Crippen LogP) is 9.12. The molecule has 3 amide bonds. The van der Waals surface area contributed by atoms with E-state index < -0.39 is 28.8 Å². The lowest BCUT2D eigenvalue weighted by molar-refractivity contribution is -0.116. The molecule has 0 spiro atoms. The van der Waals surface area contributed by atoms with Crippen LogP contribution in [-0.4, -0.2) is 17.7 Å². The lowest BCUT2D eigenvalue weighted by Gasteiger charge is -2.18. The number of thioether (sulfide) groups is 1. The molecule has 0 saturated heterocycles. The Morgan fingerprint density at radius 2 is 1.50 bits per heavy atom. The summed E-state index contributed by atoms with van der Waals surface area (Å²) in [6.07, 6.45) is 1.54. The number of rotatable bonds is 10. The fourth-order valence-corrected chi connectivity index (χ4v) is 5.99. The lowest BCUT2D eigenvalue weighted by atomic mass is 10.1. The first-order valence-corrected chi connectivity index (χ1v) is 16.0. The van der Waals surface area contributed by atoms with E-state index in [-0.39, 0.29) is 11.4 Å². The van der Waals surface area contributed by atoms with Crippen molar-refractivity contribution in [3.8, 4) is 0 Å². The summed E-state index contributed by atoms with van der Waals surface area (Å²) >= 11 is 10.6.